The van der Waals surface area contributed by atoms with Crippen LogP contribution in [0.4, 0.5) is 5.69 Å². The lowest BCUT2D eigenvalue weighted by Gasteiger charge is -2.27. The first-order chi connectivity index (χ1) is 13.0. The number of nitrogens with zero attached hydrogens (tertiary/aromatic N) is 3. The molecule has 0 bridgehead atoms. The largest absolute Gasteiger partial charge is 0.480 e. The molecule has 0 fully saturated rings. The maximum Gasteiger partial charge on any atom is 0.323 e. The van der Waals surface area contributed by atoms with Crippen LogP contribution in [-0.4, -0.2) is 32.2 Å². The van der Waals surface area contributed by atoms with Crippen molar-refractivity contribution in [2.24, 2.45) is 0 Å². The molecule has 2 N–H and O–H groups in total. The molecular weight excluding hydrogens is 392 g/mol. The summed E-state index contributed by atoms with van der Waals surface area (Å²) in [6, 6.07) is 6.89. The average molecular weight is 405 g/mol. The normalized spacial score (nSPS) is 15.5. The number of halogens is 1. The lowest BCUT2D eigenvalue weighted by molar-refractivity contribution is -0.137. The zero-order valence-electron chi connectivity index (χ0n) is 13.8. The van der Waals surface area contributed by atoms with Crippen LogP contribution < -0.4 is 15.6 Å². The number of carboxylic acids is 1. The van der Waals surface area contributed by atoms with Gasteiger partial charge in [-0.1, -0.05) is 23.7 Å². The lowest BCUT2D eigenvalue weighted by Crippen LogP contribution is -2.35. The van der Waals surface area contributed by atoms with Crippen molar-refractivity contribution in [2.75, 3.05) is 11.9 Å². The van der Waals surface area contributed by atoms with Crippen LogP contribution in [0.15, 0.2) is 40.0 Å². The summed E-state index contributed by atoms with van der Waals surface area (Å²) >= 11 is 7.24. The minimum Gasteiger partial charge on any atom is -0.480 e. The Bertz CT molecular complexity index is 1050. The van der Waals surface area contributed by atoms with Crippen molar-refractivity contribution >= 4 is 34.6 Å². The number of thiazole rings is 1. The van der Waals surface area contributed by atoms with Crippen LogP contribution in [0.1, 0.15) is 11.6 Å². The third kappa shape index (κ3) is 3.38. The molecule has 1 atom stereocenters. The molecule has 1 aliphatic rings. The van der Waals surface area contributed by atoms with Gasteiger partial charge < -0.3 is 15.2 Å². The number of aliphatic carboxylic acids is 1. The van der Waals surface area contributed by atoms with E-state index in [9.17, 15) is 14.7 Å². The smallest absolute Gasteiger partial charge is 0.323 e. The monoisotopic (exact) mass is 404 g/mol. The van der Waals surface area contributed by atoms with Crippen molar-refractivity contribution in [3.05, 3.63) is 56.1 Å². The van der Waals surface area contributed by atoms with Gasteiger partial charge in [0.2, 0.25) is 5.88 Å². The molecule has 1 aromatic carbocycles. The molecule has 10 heteroatoms. The summed E-state index contributed by atoms with van der Waals surface area (Å²) < 4.78 is 6.79. The Morgan fingerprint density at radius 2 is 2.19 bits per heavy atom. The number of benzene rings is 1. The molecule has 1 aliphatic heterocycles. The Morgan fingerprint density at radius 1 is 1.41 bits per heavy atom. The minimum atomic E-state index is -1.15. The summed E-state index contributed by atoms with van der Waals surface area (Å²) in [5.41, 5.74) is 2.50. The van der Waals surface area contributed by atoms with Crippen LogP contribution >= 0.6 is 22.9 Å². The SMILES string of the molecule is O=C(O)Cn1c(-c2cscn2)nc2c(c1=O)N[C@H](c1ccc(Cl)cc1)CO2. The van der Waals surface area contributed by atoms with E-state index in [0.717, 1.165) is 10.1 Å². The summed E-state index contributed by atoms with van der Waals surface area (Å²) in [6.07, 6.45) is 0. The molecule has 0 saturated carbocycles. The maximum absolute atomic E-state index is 13.0. The molecule has 0 radical (unpaired) electrons. The fourth-order valence-corrected chi connectivity index (χ4v) is 3.47. The molecule has 2 aromatic heterocycles. The van der Waals surface area contributed by atoms with Gasteiger partial charge in [0.1, 0.15) is 18.8 Å². The van der Waals surface area contributed by atoms with E-state index in [4.69, 9.17) is 16.3 Å². The molecular formula is C17H13ClN4O4S. The van der Waals surface area contributed by atoms with E-state index in [0.29, 0.717) is 10.7 Å². The van der Waals surface area contributed by atoms with Gasteiger partial charge in [0.25, 0.3) is 5.56 Å². The van der Waals surface area contributed by atoms with Crippen molar-refractivity contribution in [2.45, 2.75) is 12.6 Å². The van der Waals surface area contributed by atoms with Crippen molar-refractivity contribution in [3.63, 3.8) is 0 Å². The third-order valence-corrected chi connectivity index (χ3v) is 4.91. The van der Waals surface area contributed by atoms with Crippen LogP contribution in [0.3, 0.4) is 0 Å². The van der Waals surface area contributed by atoms with Crippen LogP contribution in [0, 0.1) is 0 Å². The second kappa shape index (κ2) is 7.01. The van der Waals surface area contributed by atoms with Crippen LogP contribution in [-0.2, 0) is 11.3 Å². The highest BCUT2D eigenvalue weighted by atomic mass is 35.5. The van der Waals surface area contributed by atoms with E-state index in [2.05, 4.69) is 15.3 Å². The standard InChI is InChI=1S/C17H13ClN4O4S/c18-10-3-1-9(2-4-10)11-6-26-16-14(20-11)17(25)22(5-13(23)24)15(21-16)12-7-27-8-19-12/h1-4,7-8,11,20H,5-6H2,(H,23,24)/t11-/m0/s1. The Kier molecular flexibility index (Phi) is 4.54. The zero-order valence-corrected chi connectivity index (χ0v) is 15.3. The van der Waals surface area contributed by atoms with E-state index in [1.54, 1.807) is 23.0 Å². The lowest BCUT2D eigenvalue weighted by atomic mass is 10.1. The van der Waals surface area contributed by atoms with Gasteiger partial charge in [0.15, 0.2) is 11.5 Å². The Balaban J connectivity index is 1.78. The van der Waals surface area contributed by atoms with E-state index < -0.39 is 18.1 Å². The molecule has 4 rings (SSSR count). The maximum atomic E-state index is 13.0. The number of ether oxygens (including phenoxy) is 1. The number of aromatic nitrogens is 3. The molecule has 138 valence electrons. The Morgan fingerprint density at radius 3 is 2.85 bits per heavy atom. The molecule has 27 heavy (non-hydrogen) atoms. The Labute approximate surface area is 162 Å². The summed E-state index contributed by atoms with van der Waals surface area (Å²) in [7, 11) is 0. The van der Waals surface area contributed by atoms with E-state index in [1.807, 2.05) is 12.1 Å². The molecule has 0 amide bonds. The Hall–Kier alpha value is -2.91. The van der Waals surface area contributed by atoms with Crippen LogP contribution in [0.2, 0.25) is 5.02 Å². The number of carbonyl (C=O) groups is 1. The molecule has 0 unspecified atom stereocenters. The highest BCUT2D eigenvalue weighted by Crippen LogP contribution is 2.32. The summed E-state index contributed by atoms with van der Waals surface area (Å²) in [4.78, 5) is 32.7. The summed E-state index contributed by atoms with van der Waals surface area (Å²) in [5, 5.41) is 14.6. The summed E-state index contributed by atoms with van der Waals surface area (Å²) in [6.45, 7) is -0.264. The quantitative estimate of drug-likeness (QED) is 0.688. The van der Waals surface area contributed by atoms with Crippen LogP contribution in [0.25, 0.3) is 11.5 Å². The predicted molar refractivity (Wildman–Crippen MR) is 101 cm³/mol. The number of carboxylic acid groups (broad SMARTS) is 1. The average Bonchev–Trinajstić information content (AvgIpc) is 3.18. The first kappa shape index (κ1) is 17.5. The fraction of sp³-hybridized carbons (Fsp3) is 0.176. The fourth-order valence-electron chi connectivity index (χ4n) is 2.82. The number of fused-ring (bicyclic) bond motifs is 1. The molecule has 0 saturated heterocycles. The molecule has 0 aliphatic carbocycles. The third-order valence-electron chi connectivity index (χ3n) is 4.07. The van der Waals surface area contributed by atoms with E-state index >= 15 is 0 Å². The first-order valence-electron chi connectivity index (χ1n) is 7.93. The van der Waals surface area contributed by atoms with Gasteiger partial charge in [-0.15, -0.1) is 11.3 Å². The van der Waals surface area contributed by atoms with Gasteiger partial charge in [-0.05, 0) is 17.7 Å². The predicted octanol–water partition coefficient (Wildman–Crippen LogP) is 2.65. The van der Waals surface area contributed by atoms with Gasteiger partial charge in [-0.25, -0.2) is 4.98 Å². The summed E-state index contributed by atoms with van der Waals surface area (Å²) in [5.74, 6) is -0.856. The van der Waals surface area contributed by atoms with Crippen molar-refractivity contribution in [3.8, 4) is 17.4 Å². The molecule has 3 heterocycles. The van der Waals surface area contributed by atoms with Crippen molar-refractivity contribution in [1.29, 1.82) is 0 Å². The van der Waals surface area contributed by atoms with E-state index in [-0.39, 0.29) is 30.0 Å². The van der Waals surface area contributed by atoms with Crippen LogP contribution in [0.5, 0.6) is 5.88 Å². The number of nitrogens with one attached hydrogen (secondary N) is 1. The highest BCUT2D eigenvalue weighted by Gasteiger charge is 2.28. The number of hydrogen-bond donors (Lipinski definition) is 2. The van der Waals surface area contributed by atoms with Gasteiger partial charge in [-0.3, -0.25) is 14.2 Å². The molecule has 8 nitrogen and oxygen atoms in total. The van der Waals surface area contributed by atoms with Crippen molar-refractivity contribution < 1.29 is 14.6 Å². The number of rotatable bonds is 4. The van der Waals surface area contributed by atoms with Gasteiger partial charge in [0.05, 0.1) is 11.6 Å². The topological polar surface area (TPSA) is 106 Å². The van der Waals surface area contributed by atoms with Gasteiger partial charge >= 0.3 is 5.97 Å². The second-order valence-electron chi connectivity index (χ2n) is 5.83. The van der Waals surface area contributed by atoms with Gasteiger partial charge in [-0.2, -0.15) is 4.98 Å². The highest BCUT2D eigenvalue weighted by molar-refractivity contribution is 7.07. The van der Waals surface area contributed by atoms with Crippen molar-refractivity contribution in [1.82, 2.24) is 14.5 Å². The van der Waals surface area contributed by atoms with Gasteiger partial charge in [0, 0.05) is 10.4 Å². The second-order valence-corrected chi connectivity index (χ2v) is 6.99. The first-order valence-corrected chi connectivity index (χ1v) is 9.25. The zero-order chi connectivity index (χ0) is 19.0. The minimum absolute atomic E-state index is 0.126. The number of anilines is 1. The van der Waals surface area contributed by atoms with E-state index in [1.165, 1.54) is 11.3 Å². The molecule has 3 aromatic rings. The number of hydrogen-bond acceptors (Lipinski definition) is 7. The molecule has 0 spiro atoms.